The SMILES string of the molecule is C=C(/C=C(C)\C=C(\C)NC)c1ccccc1C. The van der Waals surface area contributed by atoms with E-state index in [2.05, 4.69) is 50.0 Å². The van der Waals surface area contributed by atoms with E-state index in [4.69, 9.17) is 0 Å². The second-order valence-corrected chi connectivity index (χ2v) is 4.31. The fourth-order valence-corrected chi connectivity index (χ4v) is 1.74. The van der Waals surface area contributed by atoms with Gasteiger partial charge in [-0.15, -0.1) is 0 Å². The molecule has 17 heavy (non-hydrogen) atoms. The van der Waals surface area contributed by atoms with Gasteiger partial charge in [0.25, 0.3) is 0 Å². The molecule has 1 N–H and O–H groups in total. The first-order valence-corrected chi connectivity index (χ1v) is 5.84. The Labute approximate surface area is 105 Å². The van der Waals surface area contributed by atoms with Gasteiger partial charge in [0.15, 0.2) is 0 Å². The zero-order valence-corrected chi connectivity index (χ0v) is 11.2. The van der Waals surface area contributed by atoms with Gasteiger partial charge in [-0.05, 0) is 49.1 Å². The van der Waals surface area contributed by atoms with Crippen LogP contribution in [0.2, 0.25) is 0 Å². The number of hydrogen-bond acceptors (Lipinski definition) is 1. The predicted molar refractivity (Wildman–Crippen MR) is 76.8 cm³/mol. The smallest absolute Gasteiger partial charge is 0.00750 e. The second kappa shape index (κ2) is 6.09. The van der Waals surface area contributed by atoms with Crippen molar-refractivity contribution in [1.29, 1.82) is 0 Å². The third-order valence-corrected chi connectivity index (χ3v) is 2.73. The highest BCUT2D eigenvalue weighted by Crippen LogP contribution is 2.19. The first kappa shape index (κ1) is 13.3. The quantitative estimate of drug-likeness (QED) is 0.764. The number of hydrogen-bond donors (Lipinski definition) is 1. The van der Waals surface area contributed by atoms with E-state index in [0.717, 1.165) is 11.3 Å². The van der Waals surface area contributed by atoms with Crippen LogP contribution >= 0.6 is 0 Å². The molecule has 0 radical (unpaired) electrons. The molecule has 0 amide bonds. The highest BCUT2D eigenvalue weighted by Gasteiger charge is 1.99. The van der Waals surface area contributed by atoms with E-state index in [1.54, 1.807) is 0 Å². The van der Waals surface area contributed by atoms with E-state index in [1.165, 1.54) is 16.7 Å². The zero-order valence-electron chi connectivity index (χ0n) is 11.2. The van der Waals surface area contributed by atoms with Crippen molar-refractivity contribution in [2.75, 3.05) is 7.05 Å². The lowest BCUT2D eigenvalue weighted by Crippen LogP contribution is -2.01. The third kappa shape index (κ3) is 3.95. The minimum atomic E-state index is 1.06. The topological polar surface area (TPSA) is 12.0 Å². The number of aryl methyl sites for hydroxylation is 1. The summed E-state index contributed by atoms with van der Waals surface area (Å²) in [7, 11) is 1.93. The van der Waals surface area contributed by atoms with E-state index in [9.17, 15) is 0 Å². The van der Waals surface area contributed by atoms with Crippen molar-refractivity contribution < 1.29 is 0 Å². The summed E-state index contributed by atoms with van der Waals surface area (Å²) in [4.78, 5) is 0. The molecule has 0 aliphatic heterocycles. The van der Waals surface area contributed by atoms with Gasteiger partial charge in [-0.3, -0.25) is 0 Å². The Balaban J connectivity index is 2.93. The molecular weight excluding hydrogens is 206 g/mol. The van der Waals surface area contributed by atoms with Crippen molar-refractivity contribution in [2.45, 2.75) is 20.8 Å². The molecule has 0 spiro atoms. The highest BCUT2D eigenvalue weighted by atomic mass is 14.8. The Morgan fingerprint density at radius 1 is 1.18 bits per heavy atom. The minimum Gasteiger partial charge on any atom is -0.392 e. The van der Waals surface area contributed by atoms with Gasteiger partial charge in [-0.1, -0.05) is 36.9 Å². The van der Waals surface area contributed by atoms with Crippen LogP contribution in [0.1, 0.15) is 25.0 Å². The summed E-state index contributed by atoms with van der Waals surface area (Å²) in [5, 5.41) is 3.11. The number of allylic oxidation sites excluding steroid dienone is 5. The van der Waals surface area contributed by atoms with Gasteiger partial charge in [-0.25, -0.2) is 0 Å². The summed E-state index contributed by atoms with van der Waals surface area (Å²) in [5.74, 6) is 0. The maximum Gasteiger partial charge on any atom is 0.00750 e. The monoisotopic (exact) mass is 227 g/mol. The molecule has 0 aliphatic carbocycles. The molecule has 0 saturated heterocycles. The lowest BCUT2D eigenvalue weighted by molar-refractivity contribution is 0.986. The third-order valence-electron chi connectivity index (χ3n) is 2.73. The van der Waals surface area contributed by atoms with Gasteiger partial charge >= 0.3 is 0 Å². The van der Waals surface area contributed by atoms with E-state index < -0.39 is 0 Å². The summed E-state index contributed by atoms with van der Waals surface area (Å²) in [5.41, 5.74) is 5.88. The van der Waals surface area contributed by atoms with Crippen LogP contribution in [0.4, 0.5) is 0 Å². The van der Waals surface area contributed by atoms with Crippen LogP contribution in [0.5, 0.6) is 0 Å². The van der Waals surface area contributed by atoms with E-state index >= 15 is 0 Å². The molecule has 0 saturated carbocycles. The molecule has 0 heterocycles. The molecule has 0 atom stereocenters. The standard InChI is InChI=1S/C16H21N/c1-12(11-15(4)17-5)10-14(3)16-9-7-6-8-13(16)2/h6-11,17H,3H2,1-2,4-5H3/b12-10-,15-11-. The minimum absolute atomic E-state index is 1.06. The molecule has 0 bridgehead atoms. The Morgan fingerprint density at radius 3 is 2.41 bits per heavy atom. The highest BCUT2D eigenvalue weighted by molar-refractivity contribution is 5.75. The van der Waals surface area contributed by atoms with E-state index in [1.807, 2.05) is 26.1 Å². The summed E-state index contributed by atoms with van der Waals surface area (Å²) < 4.78 is 0. The Kier molecular flexibility index (Phi) is 4.77. The molecule has 1 heteroatoms. The van der Waals surface area contributed by atoms with Crippen molar-refractivity contribution in [2.24, 2.45) is 0 Å². The maximum atomic E-state index is 4.13. The fourth-order valence-electron chi connectivity index (χ4n) is 1.74. The molecule has 1 rings (SSSR count). The van der Waals surface area contributed by atoms with Crippen molar-refractivity contribution in [3.8, 4) is 0 Å². The van der Waals surface area contributed by atoms with Crippen LogP contribution in [0.15, 0.2) is 54.3 Å². The van der Waals surface area contributed by atoms with Crippen LogP contribution in [-0.2, 0) is 0 Å². The van der Waals surface area contributed by atoms with Gasteiger partial charge in [-0.2, -0.15) is 0 Å². The average Bonchev–Trinajstić information content (AvgIpc) is 2.29. The van der Waals surface area contributed by atoms with Crippen molar-refractivity contribution in [1.82, 2.24) is 5.32 Å². The molecule has 0 aromatic heterocycles. The molecule has 0 fully saturated rings. The summed E-state index contributed by atoms with van der Waals surface area (Å²) in [6.45, 7) is 10.4. The lowest BCUT2D eigenvalue weighted by atomic mass is 10.00. The molecule has 1 nitrogen and oxygen atoms in total. The number of rotatable bonds is 4. The molecule has 1 aromatic carbocycles. The Hall–Kier alpha value is -1.76. The number of benzene rings is 1. The second-order valence-electron chi connectivity index (χ2n) is 4.31. The van der Waals surface area contributed by atoms with Crippen LogP contribution in [-0.4, -0.2) is 7.05 Å². The lowest BCUT2D eigenvalue weighted by Gasteiger charge is -2.06. The summed E-state index contributed by atoms with van der Waals surface area (Å²) >= 11 is 0. The molecular formula is C16H21N. The van der Waals surface area contributed by atoms with Crippen molar-refractivity contribution in [3.05, 3.63) is 65.4 Å². The van der Waals surface area contributed by atoms with Crippen LogP contribution in [0.25, 0.3) is 5.57 Å². The Bertz CT molecular complexity index is 464. The molecule has 1 aromatic rings. The van der Waals surface area contributed by atoms with Crippen LogP contribution < -0.4 is 5.32 Å². The fraction of sp³-hybridized carbons (Fsp3) is 0.250. The largest absolute Gasteiger partial charge is 0.392 e. The number of nitrogens with one attached hydrogen (secondary N) is 1. The molecule has 0 unspecified atom stereocenters. The van der Waals surface area contributed by atoms with Crippen molar-refractivity contribution in [3.63, 3.8) is 0 Å². The molecule has 90 valence electrons. The van der Waals surface area contributed by atoms with Gasteiger partial charge < -0.3 is 5.32 Å². The maximum absolute atomic E-state index is 4.13. The van der Waals surface area contributed by atoms with Gasteiger partial charge in [0.2, 0.25) is 0 Å². The van der Waals surface area contributed by atoms with E-state index in [-0.39, 0.29) is 0 Å². The Morgan fingerprint density at radius 2 is 1.82 bits per heavy atom. The first-order chi connectivity index (χ1) is 8.04. The van der Waals surface area contributed by atoms with Gasteiger partial charge in [0.1, 0.15) is 0 Å². The van der Waals surface area contributed by atoms with E-state index in [0.29, 0.717) is 0 Å². The van der Waals surface area contributed by atoms with Crippen LogP contribution in [0, 0.1) is 6.92 Å². The van der Waals surface area contributed by atoms with Crippen molar-refractivity contribution >= 4 is 5.57 Å². The van der Waals surface area contributed by atoms with Crippen LogP contribution in [0.3, 0.4) is 0 Å². The summed E-state index contributed by atoms with van der Waals surface area (Å²) in [6, 6.07) is 8.31. The van der Waals surface area contributed by atoms with Gasteiger partial charge in [0.05, 0.1) is 0 Å². The predicted octanol–water partition coefficient (Wildman–Crippen LogP) is 4.08. The zero-order chi connectivity index (χ0) is 12.8. The van der Waals surface area contributed by atoms with Gasteiger partial charge in [0, 0.05) is 12.7 Å². The normalized spacial score (nSPS) is 12.5. The average molecular weight is 227 g/mol. The first-order valence-electron chi connectivity index (χ1n) is 5.84. The summed E-state index contributed by atoms with van der Waals surface area (Å²) in [6.07, 6.45) is 4.23. The molecule has 0 aliphatic rings.